The lowest BCUT2D eigenvalue weighted by molar-refractivity contribution is -0.00936. The van der Waals surface area contributed by atoms with Crippen LogP contribution in [-0.4, -0.2) is 12.2 Å². The molecule has 0 saturated heterocycles. The van der Waals surface area contributed by atoms with Crippen molar-refractivity contribution >= 4 is 0 Å². The van der Waals surface area contributed by atoms with Crippen LogP contribution >= 0.6 is 0 Å². The average molecular weight is 220 g/mol. The summed E-state index contributed by atoms with van der Waals surface area (Å²) in [4.78, 5) is 0. The fourth-order valence-electron chi connectivity index (χ4n) is 2.50. The summed E-state index contributed by atoms with van der Waals surface area (Å²) in [6.45, 7) is 12.9. The van der Waals surface area contributed by atoms with Crippen LogP contribution in [0.4, 0.5) is 0 Å². The number of allylic oxidation sites excluding steroid dienone is 1. The molecule has 2 atom stereocenters. The van der Waals surface area contributed by atoms with E-state index in [1.54, 1.807) is 0 Å². The molecule has 0 aromatic carbocycles. The monoisotopic (exact) mass is 220 g/mol. The van der Waals surface area contributed by atoms with E-state index in [-0.39, 0.29) is 11.0 Å². The van der Waals surface area contributed by atoms with Gasteiger partial charge in [0, 0.05) is 6.61 Å². The third-order valence-electron chi connectivity index (χ3n) is 3.53. The van der Waals surface area contributed by atoms with Crippen molar-refractivity contribution in [3.63, 3.8) is 0 Å². The highest BCUT2D eigenvalue weighted by Crippen LogP contribution is 2.47. The van der Waals surface area contributed by atoms with Crippen LogP contribution in [0, 0.1) is 5.41 Å². The number of rotatable bonds is 6. The van der Waals surface area contributed by atoms with Crippen LogP contribution < -0.4 is 0 Å². The number of hydrogen-bond donors (Lipinski definition) is 0. The maximum absolute atomic E-state index is 6.04. The SMILES string of the molecule is C=C=CC1(C)CCC(C=C)(OCCCC)C1. The highest BCUT2D eigenvalue weighted by molar-refractivity contribution is 5.12. The van der Waals surface area contributed by atoms with Crippen molar-refractivity contribution < 1.29 is 4.74 Å². The number of ether oxygens (including phenoxy) is 1. The molecule has 0 amide bonds. The van der Waals surface area contributed by atoms with E-state index in [4.69, 9.17) is 4.74 Å². The maximum atomic E-state index is 6.04. The Balaban J connectivity index is 2.63. The van der Waals surface area contributed by atoms with Crippen molar-refractivity contribution in [1.29, 1.82) is 0 Å². The molecule has 0 aromatic heterocycles. The van der Waals surface area contributed by atoms with Gasteiger partial charge in [0.25, 0.3) is 0 Å². The zero-order chi connectivity index (χ0) is 12.1. The molecule has 1 heteroatoms. The van der Waals surface area contributed by atoms with E-state index in [9.17, 15) is 0 Å². The van der Waals surface area contributed by atoms with Gasteiger partial charge in [-0.25, -0.2) is 0 Å². The Hall–Kier alpha value is -0.780. The van der Waals surface area contributed by atoms with Crippen LogP contribution in [0.1, 0.15) is 46.0 Å². The minimum absolute atomic E-state index is 0.114. The predicted octanol–water partition coefficient (Wildman–Crippen LogP) is 4.26. The largest absolute Gasteiger partial charge is 0.371 e. The Kier molecular flexibility index (Phi) is 4.58. The van der Waals surface area contributed by atoms with Gasteiger partial charge >= 0.3 is 0 Å². The molecule has 1 nitrogen and oxygen atoms in total. The zero-order valence-corrected chi connectivity index (χ0v) is 10.7. The fourth-order valence-corrected chi connectivity index (χ4v) is 2.50. The molecule has 0 aromatic rings. The average Bonchev–Trinajstić information content (AvgIpc) is 2.58. The Bertz CT molecular complexity index is 288. The first-order valence-electron chi connectivity index (χ1n) is 6.24. The van der Waals surface area contributed by atoms with Gasteiger partial charge in [0.2, 0.25) is 0 Å². The first-order valence-corrected chi connectivity index (χ1v) is 6.24. The molecule has 0 heterocycles. The molecule has 16 heavy (non-hydrogen) atoms. The summed E-state index contributed by atoms with van der Waals surface area (Å²) < 4.78 is 6.04. The first kappa shape index (κ1) is 13.3. The fraction of sp³-hybridized carbons (Fsp3) is 0.667. The van der Waals surface area contributed by atoms with Crippen LogP contribution in [0.2, 0.25) is 0 Å². The molecule has 0 aliphatic heterocycles. The third-order valence-corrected chi connectivity index (χ3v) is 3.53. The smallest absolute Gasteiger partial charge is 0.0868 e. The molecule has 1 saturated carbocycles. The Morgan fingerprint density at radius 2 is 2.19 bits per heavy atom. The van der Waals surface area contributed by atoms with Crippen molar-refractivity contribution in [2.24, 2.45) is 5.41 Å². The molecule has 1 aliphatic rings. The van der Waals surface area contributed by atoms with Crippen molar-refractivity contribution in [3.8, 4) is 0 Å². The van der Waals surface area contributed by atoms with E-state index in [1.165, 1.54) is 6.42 Å². The predicted molar refractivity (Wildman–Crippen MR) is 69.5 cm³/mol. The molecule has 0 radical (unpaired) electrons. The zero-order valence-electron chi connectivity index (χ0n) is 10.7. The summed E-state index contributed by atoms with van der Waals surface area (Å²) in [5.74, 6) is 0. The molecule has 90 valence electrons. The van der Waals surface area contributed by atoms with E-state index in [1.807, 2.05) is 6.08 Å². The summed E-state index contributed by atoms with van der Waals surface area (Å²) in [5.41, 5.74) is 2.98. The van der Waals surface area contributed by atoms with E-state index < -0.39 is 0 Å². The Morgan fingerprint density at radius 1 is 1.44 bits per heavy atom. The first-order chi connectivity index (χ1) is 7.60. The van der Waals surface area contributed by atoms with Crippen LogP contribution in [0.3, 0.4) is 0 Å². The van der Waals surface area contributed by atoms with Crippen molar-refractivity contribution in [1.82, 2.24) is 0 Å². The molecule has 1 aliphatic carbocycles. The molecular weight excluding hydrogens is 196 g/mol. The lowest BCUT2D eigenvalue weighted by Gasteiger charge is -2.28. The van der Waals surface area contributed by atoms with E-state index in [2.05, 4.69) is 38.8 Å². The molecule has 1 rings (SSSR count). The summed E-state index contributed by atoms with van der Waals surface area (Å²) >= 11 is 0. The summed E-state index contributed by atoms with van der Waals surface area (Å²) in [7, 11) is 0. The van der Waals surface area contributed by atoms with Gasteiger partial charge < -0.3 is 4.74 Å². The molecular formula is C15H24O. The van der Waals surface area contributed by atoms with Crippen LogP contribution in [-0.2, 0) is 4.74 Å². The normalized spacial score (nSPS) is 33.4. The van der Waals surface area contributed by atoms with E-state index >= 15 is 0 Å². The van der Waals surface area contributed by atoms with Gasteiger partial charge in [-0.2, -0.15) is 0 Å². The topological polar surface area (TPSA) is 9.23 Å². The van der Waals surface area contributed by atoms with Gasteiger partial charge in [-0.15, -0.1) is 12.3 Å². The minimum Gasteiger partial charge on any atom is -0.371 e. The van der Waals surface area contributed by atoms with E-state index in [0.717, 1.165) is 32.3 Å². The standard InChI is InChI=1S/C15H24O/c1-5-8-12-16-15(7-3)11-10-14(4,13-15)9-6-2/h7,9H,2-3,5,8,10-13H2,1,4H3. The highest BCUT2D eigenvalue weighted by atomic mass is 16.5. The summed E-state index contributed by atoms with van der Waals surface area (Å²) in [6.07, 6.45) is 9.59. The lowest BCUT2D eigenvalue weighted by Crippen LogP contribution is -2.28. The number of unbranched alkanes of at least 4 members (excludes halogenated alkanes) is 1. The molecule has 2 unspecified atom stereocenters. The van der Waals surface area contributed by atoms with Gasteiger partial charge in [-0.3, -0.25) is 0 Å². The Labute approximate surface area is 99.9 Å². The van der Waals surface area contributed by atoms with Gasteiger partial charge in [-0.1, -0.05) is 32.9 Å². The molecule has 1 fully saturated rings. The lowest BCUT2D eigenvalue weighted by atomic mass is 9.86. The van der Waals surface area contributed by atoms with Crippen molar-refractivity contribution in [2.45, 2.75) is 51.6 Å². The highest BCUT2D eigenvalue weighted by Gasteiger charge is 2.43. The second-order valence-corrected chi connectivity index (χ2v) is 5.15. The second-order valence-electron chi connectivity index (χ2n) is 5.15. The summed E-state index contributed by atoms with van der Waals surface area (Å²) in [6, 6.07) is 0. The molecule has 0 spiro atoms. The van der Waals surface area contributed by atoms with Crippen molar-refractivity contribution in [3.05, 3.63) is 31.0 Å². The van der Waals surface area contributed by atoms with Crippen molar-refractivity contribution in [2.75, 3.05) is 6.61 Å². The van der Waals surface area contributed by atoms with Crippen LogP contribution in [0.5, 0.6) is 0 Å². The minimum atomic E-state index is -0.114. The molecule has 0 N–H and O–H groups in total. The maximum Gasteiger partial charge on any atom is 0.0868 e. The van der Waals surface area contributed by atoms with Gasteiger partial charge in [0.1, 0.15) is 0 Å². The summed E-state index contributed by atoms with van der Waals surface area (Å²) in [5, 5.41) is 0. The van der Waals surface area contributed by atoms with Gasteiger partial charge in [0.15, 0.2) is 0 Å². The second kappa shape index (κ2) is 5.52. The van der Waals surface area contributed by atoms with Crippen LogP contribution in [0.25, 0.3) is 0 Å². The van der Waals surface area contributed by atoms with E-state index in [0.29, 0.717) is 0 Å². The number of hydrogen-bond acceptors (Lipinski definition) is 1. The third kappa shape index (κ3) is 3.10. The molecule has 0 bridgehead atoms. The van der Waals surface area contributed by atoms with Gasteiger partial charge in [-0.05, 0) is 37.2 Å². The van der Waals surface area contributed by atoms with Gasteiger partial charge in [0.05, 0.1) is 5.60 Å². The quantitative estimate of drug-likeness (QED) is 0.369. The van der Waals surface area contributed by atoms with Crippen LogP contribution in [0.15, 0.2) is 31.0 Å². The Morgan fingerprint density at radius 3 is 2.75 bits per heavy atom.